The second-order valence-electron chi connectivity index (χ2n) is 6.18. The van der Waals surface area contributed by atoms with Crippen LogP contribution in [0.2, 0.25) is 0 Å². The Morgan fingerprint density at radius 3 is 2.61 bits per heavy atom. The van der Waals surface area contributed by atoms with E-state index < -0.39 is 11.6 Å². The van der Waals surface area contributed by atoms with Gasteiger partial charge in [0.05, 0.1) is 20.1 Å². The van der Waals surface area contributed by atoms with E-state index in [9.17, 15) is 9.59 Å². The highest BCUT2D eigenvalue weighted by atomic mass is 16.5. The quantitative estimate of drug-likeness (QED) is 0.435. The molecule has 0 aliphatic rings. The maximum absolute atomic E-state index is 12.0. The molecule has 3 aromatic rings. The minimum atomic E-state index is -0.466. The van der Waals surface area contributed by atoms with Gasteiger partial charge in [-0.25, -0.2) is 4.79 Å². The highest BCUT2D eigenvalue weighted by Crippen LogP contribution is 2.26. The first-order valence-electron chi connectivity index (χ1n) is 9.07. The van der Waals surface area contributed by atoms with Crippen molar-refractivity contribution in [3.8, 4) is 11.5 Å². The second kappa shape index (κ2) is 9.08. The van der Waals surface area contributed by atoms with Crippen LogP contribution in [0.5, 0.6) is 11.5 Å². The second-order valence-corrected chi connectivity index (χ2v) is 6.18. The smallest absolute Gasteiger partial charge is 0.336 e. The Morgan fingerprint density at radius 2 is 1.86 bits per heavy atom. The van der Waals surface area contributed by atoms with Crippen molar-refractivity contribution in [2.45, 2.75) is 26.4 Å². The van der Waals surface area contributed by atoms with Crippen molar-refractivity contribution in [1.82, 2.24) is 0 Å². The zero-order valence-electron chi connectivity index (χ0n) is 15.9. The molecule has 6 heteroatoms. The van der Waals surface area contributed by atoms with Crippen LogP contribution in [0.1, 0.15) is 24.5 Å². The number of methoxy groups -OCH3 is 1. The lowest BCUT2D eigenvalue weighted by Gasteiger charge is -2.10. The Kier molecular flexibility index (Phi) is 6.32. The Morgan fingerprint density at radius 1 is 1.07 bits per heavy atom. The molecule has 2 aromatic carbocycles. The summed E-state index contributed by atoms with van der Waals surface area (Å²) in [5.74, 6) is 0.752. The van der Waals surface area contributed by atoms with Gasteiger partial charge in [0.25, 0.3) is 0 Å². The van der Waals surface area contributed by atoms with Crippen molar-refractivity contribution < 1.29 is 23.4 Å². The van der Waals surface area contributed by atoms with Crippen LogP contribution in [0.4, 0.5) is 0 Å². The van der Waals surface area contributed by atoms with E-state index in [2.05, 4.69) is 0 Å². The summed E-state index contributed by atoms with van der Waals surface area (Å²) in [6, 6.07) is 14.2. The molecule has 28 heavy (non-hydrogen) atoms. The molecular formula is C22H22O6. The zero-order chi connectivity index (χ0) is 19.9. The molecule has 3 rings (SSSR count). The molecular weight excluding hydrogens is 360 g/mol. The normalized spacial score (nSPS) is 10.6. The number of carbonyl (C=O) groups excluding carboxylic acids is 1. The van der Waals surface area contributed by atoms with E-state index in [0.717, 1.165) is 17.4 Å². The van der Waals surface area contributed by atoms with Crippen molar-refractivity contribution in [1.29, 1.82) is 0 Å². The molecule has 0 bridgehead atoms. The van der Waals surface area contributed by atoms with E-state index in [1.54, 1.807) is 19.2 Å². The predicted octanol–water partition coefficient (Wildman–Crippen LogP) is 3.88. The highest BCUT2D eigenvalue weighted by molar-refractivity contribution is 5.81. The predicted molar refractivity (Wildman–Crippen MR) is 105 cm³/mol. The molecule has 0 aliphatic carbocycles. The van der Waals surface area contributed by atoms with E-state index in [0.29, 0.717) is 22.6 Å². The SMILES string of the molecule is CCc1ccc2c(COC(=O)CCOc3ccccc3OC)cc(=O)oc2c1. The molecule has 0 atom stereocenters. The van der Waals surface area contributed by atoms with Gasteiger partial charge in [0.1, 0.15) is 12.2 Å². The summed E-state index contributed by atoms with van der Waals surface area (Å²) in [6.45, 7) is 2.19. The topological polar surface area (TPSA) is 75.0 Å². The highest BCUT2D eigenvalue weighted by Gasteiger charge is 2.10. The summed E-state index contributed by atoms with van der Waals surface area (Å²) in [6.07, 6.45) is 0.919. The fourth-order valence-electron chi connectivity index (χ4n) is 2.83. The summed E-state index contributed by atoms with van der Waals surface area (Å²) in [5.41, 5.74) is 1.72. The minimum Gasteiger partial charge on any atom is -0.493 e. The molecule has 6 nitrogen and oxygen atoms in total. The fourth-order valence-corrected chi connectivity index (χ4v) is 2.83. The Hall–Kier alpha value is -3.28. The van der Waals surface area contributed by atoms with Crippen molar-refractivity contribution in [3.63, 3.8) is 0 Å². The Labute approximate surface area is 162 Å². The van der Waals surface area contributed by atoms with Crippen LogP contribution in [0.25, 0.3) is 11.0 Å². The Balaban J connectivity index is 1.59. The van der Waals surface area contributed by atoms with Crippen molar-refractivity contribution in [3.05, 3.63) is 70.1 Å². The first kappa shape index (κ1) is 19.5. The number of benzene rings is 2. The number of fused-ring (bicyclic) bond motifs is 1. The van der Waals surface area contributed by atoms with E-state index in [1.807, 2.05) is 37.3 Å². The van der Waals surface area contributed by atoms with Gasteiger partial charge in [0.15, 0.2) is 11.5 Å². The molecule has 0 saturated heterocycles. The van der Waals surface area contributed by atoms with Gasteiger partial charge < -0.3 is 18.6 Å². The molecule has 0 saturated carbocycles. The minimum absolute atomic E-state index is 0.00105. The molecule has 146 valence electrons. The number of hydrogen-bond acceptors (Lipinski definition) is 6. The maximum atomic E-state index is 12.0. The molecule has 0 amide bonds. The molecule has 0 radical (unpaired) electrons. The molecule has 0 spiro atoms. The van der Waals surface area contributed by atoms with Gasteiger partial charge in [-0.1, -0.05) is 31.2 Å². The largest absolute Gasteiger partial charge is 0.493 e. The lowest BCUT2D eigenvalue weighted by Crippen LogP contribution is -2.11. The first-order valence-corrected chi connectivity index (χ1v) is 9.07. The third kappa shape index (κ3) is 4.71. The van der Waals surface area contributed by atoms with Gasteiger partial charge in [0.2, 0.25) is 0 Å². The average molecular weight is 382 g/mol. The third-order valence-electron chi connectivity index (χ3n) is 4.32. The number of esters is 1. The van der Waals surface area contributed by atoms with Crippen LogP contribution in [0, 0.1) is 0 Å². The van der Waals surface area contributed by atoms with Crippen molar-refractivity contribution in [2.75, 3.05) is 13.7 Å². The van der Waals surface area contributed by atoms with Gasteiger partial charge in [-0.15, -0.1) is 0 Å². The molecule has 1 heterocycles. The van der Waals surface area contributed by atoms with Crippen LogP contribution >= 0.6 is 0 Å². The summed E-state index contributed by atoms with van der Waals surface area (Å²) in [5, 5.41) is 0.759. The number of hydrogen-bond donors (Lipinski definition) is 0. The lowest BCUT2D eigenvalue weighted by atomic mass is 10.1. The summed E-state index contributed by atoms with van der Waals surface area (Å²) >= 11 is 0. The molecule has 0 unspecified atom stereocenters. The van der Waals surface area contributed by atoms with E-state index in [4.69, 9.17) is 18.6 Å². The number of aryl methyl sites for hydroxylation is 1. The summed E-state index contributed by atoms with van der Waals surface area (Å²) < 4.78 is 21.3. The first-order chi connectivity index (χ1) is 13.6. The number of para-hydroxylation sites is 2. The van der Waals surface area contributed by atoms with E-state index in [1.165, 1.54) is 6.07 Å². The van der Waals surface area contributed by atoms with Gasteiger partial charge in [-0.3, -0.25) is 4.79 Å². The van der Waals surface area contributed by atoms with Crippen molar-refractivity contribution in [2.24, 2.45) is 0 Å². The average Bonchev–Trinajstić information content (AvgIpc) is 2.71. The zero-order valence-corrected chi connectivity index (χ0v) is 15.9. The molecule has 0 N–H and O–H groups in total. The summed E-state index contributed by atoms with van der Waals surface area (Å²) in [4.78, 5) is 23.8. The third-order valence-corrected chi connectivity index (χ3v) is 4.32. The standard InChI is InChI=1S/C22H22O6/c1-3-15-8-9-17-16(13-22(24)28-20(17)12-15)14-27-21(23)10-11-26-19-7-5-4-6-18(19)25-2/h4-9,12-13H,3,10-11,14H2,1-2H3. The molecule has 0 fully saturated rings. The van der Waals surface area contributed by atoms with Crippen LogP contribution in [0.15, 0.2) is 57.7 Å². The van der Waals surface area contributed by atoms with Gasteiger partial charge in [-0.05, 0) is 30.2 Å². The fraction of sp³-hybridized carbons (Fsp3) is 0.273. The summed E-state index contributed by atoms with van der Waals surface area (Å²) in [7, 11) is 1.56. The maximum Gasteiger partial charge on any atom is 0.336 e. The van der Waals surface area contributed by atoms with Gasteiger partial charge in [0, 0.05) is 17.0 Å². The number of carbonyl (C=O) groups is 1. The van der Waals surface area contributed by atoms with Crippen LogP contribution in [0.3, 0.4) is 0 Å². The van der Waals surface area contributed by atoms with Crippen LogP contribution < -0.4 is 15.1 Å². The van der Waals surface area contributed by atoms with Gasteiger partial charge >= 0.3 is 11.6 Å². The van der Waals surface area contributed by atoms with E-state index >= 15 is 0 Å². The van der Waals surface area contributed by atoms with E-state index in [-0.39, 0.29) is 19.6 Å². The Bertz CT molecular complexity index is 1020. The monoisotopic (exact) mass is 382 g/mol. The van der Waals surface area contributed by atoms with Crippen molar-refractivity contribution >= 4 is 16.9 Å². The molecule has 1 aromatic heterocycles. The number of rotatable bonds is 8. The van der Waals surface area contributed by atoms with Crippen LogP contribution in [-0.4, -0.2) is 19.7 Å². The number of ether oxygens (including phenoxy) is 3. The van der Waals surface area contributed by atoms with Gasteiger partial charge in [-0.2, -0.15) is 0 Å². The molecule has 0 aliphatic heterocycles. The lowest BCUT2D eigenvalue weighted by molar-refractivity contribution is -0.145. The van der Waals surface area contributed by atoms with Crippen LogP contribution in [-0.2, 0) is 22.6 Å².